The summed E-state index contributed by atoms with van der Waals surface area (Å²) in [6, 6.07) is 11.3. The Morgan fingerprint density at radius 3 is 2.43 bits per heavy atom. The van der Waals surface area contributed by atoms with Crippen molar-refractivity contribution in [2.24, 2.45) is 0 Å². The fraction of sp³-hybridized carbons (Fsp3) is 0.0556. The zero-order chi connectivity index (χ0) is 20.5. The molecule has 6 nitrogen and oxygen atoms in total. The largest absolute Gasteiger partial charge is 0.476 e. The van der Waals surface area contributed by atoms with Crippen LogP contribution in [0.1, 0.15) is 26.4 Å². The quantitative estimate of drug-likeness (QED) is 0.664. The molecule has 2 N–H and O–H groups in total. The number of nitrogens with zero attached hydrogens (tertiary/aromatic N) is 2. The first-order chi connectivity index (χ1) is 13.2. The smallest absolute Gasteiger partial charge is 0.416 e. The van der Waals surface area contributed by atoms with E-state index in [0.717, 1.165) is 28.9 Å². The number of amides is 1. The summed E-state index contributed by atoms with van der Waals surface area (Å²) in [4.78, 5) is 23.7. The molecule has 1 heterocycles. The van der Waals surface area contributed by atoms with E-state index in [4.69, 9.17) is 16.7 Å². The third kappa shape index (κ3) is 3.99. The van der Waals surface area contributed by atoms with E-state index in [-0.39, 0.29) is 22.1 Å². The van der Waals surface area contributed by atoms with Crippen molar-refractivity contribution in [2.45, 2.75) is 6.18 Å². The van der Waals surface area contributed by atoms with Gasteiger partial charge in [0.15, 0.2) is 5.69 Å². The third-order valence-corrected chi connectivity index (χ3v) is 4.04. The fourth-order valence-electron chi connectivity index (χ4n) is 2.41. The Balaban J connectivity index is 2.04. The van der Waals surface area contributed by atoms with E-state index in [1.54, 1.807) is 12.1 Å². The lowest BCUT2D eigenvalue weighted by Gasteiger charge is -2.12. The zero-order valence-electron chi connectivity index (χ0n) is 13.9. The summed E-state index contributed by atoms with van der Waals surface area (Å²) in [6.45, 7) is 0. The molecule has 0 saturated heterocycles. The molecule has 0 saturated carbocycles. The lowest BCUT2D eigenvalue weighted by Crippen LogP contribution is -2.16. The summed E-state index contributed by atoms with van der Waals surface area (Å²) in [6.07, 6.45) is -4.60. The number of nitrogens with one attached hydrogen (secondary N) is 1. The first-order valence-electron chi connectivity index (χ1n) is 7.73. The molecule has 3 rings (SSSR count). The van der Waals surface area contributed by atoms with Gasteiger partial charge in [-0.2, -0.15) is 18.3 Å². The number of carboxylic acid groups (broad SMARTS) is 1. The highest BCUT2D eigenvalue weighted by molar-refractivity contribution is 6.34. The van der Waals surface area contributed by atoms with E-state index in [1.165, 1.54) is 18.2 Å². The zero-order valence-corrected chi connectivity index (χ0v) is 14.6. The van der Waals surface area contributed by atoms with Gasteiger partial charge in [0.05, 0.1) is 21.8 Å². The van der Waals surface area contributed by atoms with Gasteiger partial charge in [-0.15, -0.1) is 0 Å². The van der Waals surface area contributed by atoms with Gasteiger partial charge < -0.3 is 10.4 Å². The molecular formula is C18H11ClF3N3O3. The van der Waals surface area contributed by atoms with E-state index in [9.17, 15) is 22.8 Å². The molecule has 1 aromatic heterocycles. The molecule has 3 aromatic rings. The first-order valence-corrected chi connectivity index (χ1v) is 8.11. The highest BCUT2D eigenvalue weighted by Crippen LogP contribution is 2.31. The topological polar surface area (TPSA) is 84.2 Å². The molecule has 0 aliphatic heterocycles. The molecule has 0 aliphatic rings. The van der Waals surface area contributed by atoms with Crippen LogP contribution in [-0.4, -0.2) is 26.8 Å². The Kier molecular flexibility index (Phi) is 5.10. The van der Waals surface area contributed by atoms with Crippen molar-refractivity contribution in [2.75, 3.05) is 5.32 Å². The Hall–Kier alpha value is -3.33. The number of halogens is 4. The summed E-state index contributed by atoms with van der Waals surface area (Å²) < 4.78 is 39.9. The molecule has 1 amide bonds. The summed E-state index contributed by atoms with van der Waals surface area (Å²) in [5.41, 5.74) is -1.36. The van der Waals surface area contributed by atoms with Crippen LogP contribution < -0.4 is 5.32 Å². The number of benzene rings is 2. The van der Waals surface area contributed by atoms with Crippen molar-refractivity contribution in [3.63, 3.8) is 0 Å². The normalized spacial score (nSPS) is 11.3. The number of carbonyl (C=O) groups is 2. The second-order valence-electron chi connectivity index (χ2n) is 5.61. The molecule has 0 aliphatic carbocycles. The molecule has 28 heavy (non-hydrogen) atoms. The van der Waals surface area contributed by atoms with E-state index in [2.05, 4.69) is 10.4 Å². The van der Waals surface area contributed by atoms with Gasteiger partial charge in [-0.1, -0.05) is 29.8 Å². The first kappa shape index (κ1) is 19.4. The molecule has 2 aromatic carbocycles. The van der Waals surface area contributed by atoms with E-state index < -0.39 is 29.3 Å². The van der Waals surface area contributed by atoms with Gasteiger partial charge in [-0.25, -0.2) is 9.48 Å². The van der Waals surface area contributed by atoms with Gasteiger partial charge >= 0.3 is 12.1 Å². The predicted molar refractivity (Wildman–Crippen MR) is 94.9 cm³/mol. The molecule has 0 unspecified atom stereocenters. The fourth-order valence-corrected chi connectivity index (χ4v) is 2.64. The van der Waals surface area contributed by atoms with E-state index in [0.29, 0.717) is 0 Å². The predicted octanol–water partition coefficient (Wildman–Crippen LogP) is 4.50. The SMILES string of the molecule is O=C(O)c1cc(NC(=O)c2ccccc2Cl)n(-c2cccc(C(F)(F)F)c2)n1. The molecule has 144 valence electrons. The molecular weight excluding hydrogens is 399 g/mol. The van der Waals surface area contributed by atoms with Gasteiger partial charge in [0, 0.05) is 6.07 Å². The number of hydrogen-bond acceptors (Lipinski definition) is 3. The van der Waals surface area contributed by atoms with Crippen LogP contribution in [0.5, 0.6) is 0 Å². The summed E-state index contributed by atoms with van der Waals surface area (Å²) >= 11 is 5.97. The molecule has 0 spiro atoms. The average Bonchev–Trinajstić information content (AvgIpc) is 3.05. The molecule has 0 bridgehead atoms. The van der Waals surface area contributed by atoms with Crippen LogP contribution in [0.4, 0.5) is 19.0 Å². The average molecular weight is 410 g/mol. The number of anilines is 1. The van der Waals surface area contributed by atoms with Gasteiger partial charge in [0.25, 0.3) is 5.91 Å². The van der Waals surface area contributed by atoms with Crippen LogP contribution in [0, 0.1) is 0 Å². The van der Waals surface area contributed by atoms with Crippen molar-refractivity contribution < 1.29 is 27.9 Å². The standard InChI is InChI=1S/C18H11ClF3N3O3/c19-13-7-2-1-6-12(13)16(26)23-15-9-14(17(27)28)24-25(15)11-5-3-4-10(8-11)18(20,21)22/h1-9H,(H,23,26)(H,27,28). The van der Waals surface area contributed by atoms with E-state index >= 15 is 0 Å². The minimum Gasteiger partial charge on any atom is -0.476 e. The maximum Gasteiger partial charge on any atom is 0.416 e. The van der Waals surface area contributed by atoms with Crippen molar-refractivity contribution in [3.8, 4) is 5.69 Å². The van der Waals surface area contributed by atoms with Gasteiger partial charge in [-0.05, 0) is 30.3 Å². The van der Waals surface area contributed by atoms with Gasteiger partial charge in [0.1, 0.15) is 5.82 Å². The molecule has 0 radical (unpaired) electrons. The number of hydrogen-bond donors (Lipinski definition) is 2. The number of aromatic carboxylic acids is 1. The Morgan fingerprint density at radius 2 is 1.79 bits per heavy atom. The Bertz CT molecular complexity index is 1060. The van der Waals surface area contributed by atoms with Crippen molar-refractivity contribution in [1.82, 2.24) is 9.78 Å². The summed E-state index contributed by atoms with van der Waals surface area (Å²) in [7, 11) is 0. The van der Waals surface area contributed by atoms with Crippen molar-refractivity contribution >= 4 is 29.3 Å². The third-order valence-electron chi connectivity index (χ3n) is 3.71. The van der Waals surface area contributed by atoms with Crippen LogP contribution in [0.3, 0.4) is 0 Å². The highest BCUT2D eigenvalue weighted by atomic mass is 35.5. The van der Waals surface area contributed by atoms with Crippen LogP contribution in [0.2, 0.25) is 5.02 Å². The highest BCUT2D eigenvalue weighted by Gasteiger charge is 2.31. The minimum absolute atomic E-state index is 0.0724. The van der Waals surface area contributed by atoms with Gasteiger partial charge in [-0.3, -0.25) is 4.79 Å². The Labute approximate surface area is 161 Å². The second kappa shape index (κ2) is 7.35. The van der Waals surface area contributed by atoms with Crippen LogP contribution in [0.15, 0.2) is 54.6 Å². The van der Waals surface area contributed by atoms with Crippen LogP contribution in [0.25, 0.3) is 5.69 Å². The van der Waals surface area contributed by atoms with Crippen LogP contribution >= 0.6 is 11.6 Å². The Morgan fingerprint density at radius 1 is 1.07 bits per heavy atom. The number of carbonyl (C=O) groups excluding carboxylic acids is 1. The van der Waals surface area contributed by atoms with Crippen molar-refractivity contribution in [3.05, 3.63) is 76.4 Å². The number of aromatic nitrogens is 2. The van der Waals surface area contributed by atoms with E-state index in [1.807, 2.05) is 0 Å². The number of rotatable bonds is 4. The maximum atomic E-state index is 13.0. The summed E-state index contributed by atoms with van der Waals surface area (Å²) in [5.74, 6) is -2.20. The number of alkyl halides is 3. The molecule has 0 atom stereocenters. The lowest BCUT2D eigenvalue weighted by molar-refractivity contribution is -0.137. The van der Waals surface area contributed by atoms with Crippen LogP contribution in [-0.2, 0) is 6.18 Å². The summed E-state index contributed by atoms with van der Waals surface area (Å²) in [5, 5.41) is 15.5. The second-order valence-corrected chi connectivity index (χ2v) is 6.02. The number of carboxylic acids is 1. The molecule has 0 fully saturated rings. The van der Waals surface area contributed by atoms with Gasteiger partial charge in [0.2, 0.25) is 0 Å². The maximum absolute atomic E-state index is 13.0. The van der Waals surface area contributed by atoms with Crippen molar-refractivity contribution in [1.29, 1.82) is 0 Å². The lowest BCUT2D eigenvalue weighted by atomic mass is 10.2. The molecule has 10 heteroatoms. The minimum atomic E-state index is -4.60. The monoisotopic (exact) mass is 409 g/mol.